The smallest absolute Gasteiger partial charge is 0.0544 e. The van der Waals surface area contributed by atoms with Crippen LogP contribution in [-0.2, 0) is 6.42 Å². The number of rotatable bonds is 5. The minimum absolute atomic E-state index is 0.338. The lowest BCUT2D eigenvalue weighted by Crippen LogP contribution is -2.01. The molecule has 0 N–H and O–H groups in total. The number of aryl methyl sites for hydroxylation is 1. The summed E-state index contributed by atoms with van der Waals surface area (Å²) < 4.78 is 2.50. The number of hydrogen-bond donors (Lipinski definition) is 0. The van der Waals surface area contributed by atoms with Gasteiger partial charge in [0.15, 0.2) is 0 Å². The predicted octanol–water partition coefficient (Wildman–Crippen LogP) is 11.3. The van der Waals surface area contributed by atoms with Crippen molar-refractivity contribution in [1.82, 2.24) is 4.57 Å². The molecule has 1 nitrogen and oxygen atoms in total. The molecular weight excluding hydrogens is 530 g/mol. The van der Waals surface area contributed by atoms with Gasteiger partial charge < -0.3 is 4.57 Å². The molecule has 1 heterocycles. The third-order valence-corrected chi connectivity index (χ3v) is 9.64. The number of para-hydroxylation sites is 1. The number of hydrogen-bond acceptors (Lipinski definition) is 0. The Bertz CT molecular complexity index is 2320. The monoisotopic (exact) mass is 561 g/mol. The van der Waals surface area contributed by atoms with Crippen molar-refractivity contribution in [2.75, 3.05) is 0 Å². The summed E-state index contributed by atoms with van der Waals surface area (Å²) in [6.07, 6.45) is 2.10. The van der Waals surface area contributed by atoms with E-state index in [1.807, 2.05) is 0 Å². The van der Waals surface area contributed by atoms with Gasteiger partial charge >= 0.3 is 0 Å². The molecule has 0 saturated heterocycles. The van der Waals surface area contributed by atoms with Gasteiger partial charge in [0.2, 0.25) is 0 Å². The van der Waals surface area contributed by atoms with Crippen LogP contribution in [0.15, 0.2) is 158 Å². The molecule has 0 radical (unpaired) electrons. The van der Waals surface area contributed by atoms with E-state index in [0.29, 0.717) is 5.92 Å². The summed E-state index contributed by atoms with van der Waals surface area (Å²) in [4.78, 5) is 0. The SMILES string of the molecule is c1ccc(-c2ccc(CCC3c4ccccc4-c4ccc5c(c43)c3ccccc3n5-c3cccc4ccccc34)cc2)cc1. The van der Waals surface area contributed by atoms with E-state index in [-0.39, 0.29) is 0 Å². The minimum Gasteiger partial charge on any atom is -0.309 e. The molecule has 0 bridgehead atoms. The fraction of sp³-hybridized carbons (Fsp3) is 0.0698. The van der Waals surface area contributed by atoms with Crippen LogP contribution in [0.1, 0.15) is 29.0 Å². The molecular formula is C43H31N. The molecule has 1 atom stereocenters. The molecule has 1 aromatic heterocycles. The van der Waals surface area contributed by atoms with Crippen LogP contribution in [0.2, 0.25) is 0 Å². The lowest BCUT2D eigenvalue weighted by atomic mass is 9.88. The maximum atomic E-state index is 2.50. The first-order valence-corrected chi connectivity index (χ1v) is 15.6. The molecule has 0 fully saturated rings. The maximum Gasteiger partial charge on any atom is 0.0544 e. The van der Waals surface area contributed by atoms with E-state index in [4.69, 9.17) is 0 Å². The van der Waals surface area contributed by atoms with Crippen molar-refractivity contribution in [2.45, 2.75) is 18.8 Å². The summed E-state index contributed by atoms with van der Waals surface area (Å²) in [5.41, 5.74) is 13.4. The zero-order valence-electron chi connectivity index (χ0n) is 24.4. The molecule has 0 spiro atoms. The number of benzene rings is 7. The second kappa shape index (κ2) is 10.1. The fourth-order valence-corrected chi connectivity index (χ4v) is 7.65. The molecule has 44 heavy (non-hydrogen) atoms. The topological polar surface area (TPSA) is 4.93 Å². The van der Waals surface area contributed by atoms with E-state index in [1.54, 1.807) is 0 Å². The molecule has 8 aromatic rings. The van der Waals surface area contributed by atoms with E-state index in [9.17, 15) is 0 Å². The Labute approximate surface area is 257 Å². The maximum absolute atomic E-state index is 2.50. The summed E-state index contributed by atoms with van der Waals surface area (Å²) in [6.45, 7) is 0. The molecule has 7 aromatic carbocycles. The summed E-state index contributed by atoms with van der Waals surface area (Å²) in [7, 11) is 0. The van der Waals surface area contributed by atoms with Crippen LogP contribution in [0, 0.1) is 0 Å². The molecule has 0 saturated carbocycles. The number of aromatic nitrogens is 1. The molecule has 1 aliphatic rings. The highest BCUT2D eigenvalue weighted by Crippen LogP contribution is 2.52. The highest BCUT2D eigenvalue weighted by molar-refractivity contribution is 6.14. The summed E-state index contributed by atoms with van der Waals surface area (Å²) >= 11 is 0. The van der Waals surface area contributed by atoms with Gasteiger partial charge in [0, 0.05) is 22.1 Å². The van der Waals surface area contributed by atoms with Gasteiger partial charge in [-0.3, -0.25) is 0 Å². The Balaban J connectivity index is 1.20. The van der Waals surface area contributed by atoms with Crippen LogP contribution < -0.4 is 0 Å². The molecule has 9 rings (SSSR count). The zero-order chi connectivity index (χ0) is 29.0. The average molecular weight is 562 g/mol. The van der Waals surface area contributed by atoms with Gasteiger partial charge in [-0.1, -0.05) is 140 Å². The largest absolute Gasteiger partial charge is 0.309 e. The van der Waals surface area contributed by atoms with E-state index < -0.39 is 0 Å². The predicted molar refractivity (Wildman–Crippen MR) is 186 cm³/mol. The second-order valence-electron chi connectivity index (χ2n) is 12.0. The van der Waals surface area contributed by atoms with Gasteiger partial charge in [-0.25, -0.2) is 0 Å². The van der Waals surface area contributed by atoms with E-state index in [0.717, 1.165) is 12.8 Å². The van der Waals surface area contributed by atoms with Gasteiger partial charge in [0.05, 0.1) is 16.7 Å². The van der Waals surface area contributed by atoms with Gasteiger partial charge in [0.25, 0.3) is 0 Å². The van der Waals surface area contributed by atoms with Crippen molar-refractivity contribution in [3.05, 3.63) is 174 Å². The lowest BCUT2D eigenvalue weighted by molar-refractivity contribution is 0.734. The number of nitrogens with zero attached hydrogens (tertiary/aromatic N) is 1. The Morgan fingerprint density at radius 2 is 1.18 bits per heavy atom. The second-order valence-corrected chi connectivity index (χ2v) is 12.0. The molecule has 1 heteroatoms. The van der Waals surface area contributed by atoms with Gasteiger partial charge in [-0.15, -0.1) is 0 Å². The fourth-order valence-electron chi connectivity index (χ4n) is 7.65. The quantitative estimate of drug-likeness (QED) is 0.197. The average Bonchev–Trinajstić information content (AvgIpc) is 3.60. The van der Waals surface area contributed by atoms with Crippen molar-refractivity contribution in [3.63, 3.8) is 0 Å². The van der Waals surface area contributed by atoms with Gasteiger partial charge in [-0.2, -0.15) is 0 Å². The van der Waals surface area contributed by atoms with Gasteiger partial charge in [-0.05, 0) is 75.4 Å². The minimum atomic E-state index is 0.338. The van der Waals surface area contributed by atoms with E-state index in [2.05, 4.69) is 162 Å². The molecule has 0 amide bonds. The first kappa shape index (κ1) is 25.1. The molecule has 208 valence electrons. The normalized spacial score (nSPS) is 13.9. The van der Waals surface area contributed by atoms with E-state index in [1.165, 1.54) is 77.2 Å². The van der Waals surface area contributed by atoms with Gasteiger partial charge in [0.1, 0.15) is 0 Å². The first-order valence-electron chi connectivity index (χ1n) is 15.6. The Morgan fingerprint density at radius 1 is 0.477 bits per heavy atom. The van der Waals surface area contributed by atoms with Crippen LogP contribution in [0.5, 0.6) is 0 Å². The van der Waals surface area contributed by atoms with Crippen LogP contribution >= 0.6 is 0 Å². The van der Waals surface area contributed by atoms with Crippen molar-refractivity contribution < 1.29 is 0 Å². The van der Waals surface area contributed by atoms with Crippen molar-refractivity contribution in [1.29, 1.82) is 0 Å². The first-order chi connectivity index (χ1) is 21.8. The summed E-state index contributed by atoms with van der Waals surface area (Å²) in [5, 5.41) is 5.27. The Kier molecular flexibility index (Phi) is 5.77. The van der Waals surface area contributed by atoms with Crippen molar-refractivity contribution in [2.24, 2.45) is 0 Å². The third kappa shape index (κ3) is 3.86. The van der Waals surface area contributed by atoms with Crippen LogP contribution in [0.4, 0.5) is 0 Å². The van der Waals surface area contributed by atoms with Crippen LogP contribution in [0.3, 0.4) is 0 Å². The summed E-state index contributed by atoms with van der Waals surface area (Å²) in [5.74, 6) is 0.338. The van der Waals surface area contributed by atoms with E-state index >= 15 is 0 Å². The zero-order valence-corrected chi connectivity index (χ0v) is 24.4. The summed E-state index contributed by atoms with van der Waals surface area (Å²) in [6, 6.07) is 58.0. The third-order valence-electron chi connectivity index (χ3n) is 9.64. The lowest BCUT2D eigenvalue weighted by Gasteiger charge is -2.16. The Morgan fingerprint density at radius 3 is 2.07 bits per heavy atom. The number of fused-ring (bicyclic) bond motifs is 8. The van der Waals surface area contributed by atoms with Crippen LogP contribution in [0.25, 0.3) is 60.5 Å². The standard InChI is InChI=1S/C43H31N/c1-2-11-30(12-3-1)31-24-21-29(22-25-31)23-26-36-34-16-6-7-17-35(34)37-27-28-41-43(42(36)37)38-18-8-9-19-40(38)44(41)39-20-10-14-32-13-4-5-15-33(32)39/h1-22,24-25,27-28,36H,23,26H2. The molecule has 1 aliphatic carbocycles. The Hall–Kier alpha value is -5.40. The molecule has 1 unspecified atom stereocenters. The highest BCUT2D eigenvalue weighted by atomic mass is 15.0. The highest BCUT2D eigenvalue weighted by Gasteiger charge is 2.32. The van der Waals surface area contributed by atoms with Crippen molar-refractivity contribution >= 4 is 32.6 Å². The molecule has 0 aliphatic heterocycles. The van der Waals surface area contributed by atoms with Crippen molar-refractivity contribution in [3.8, 4) is 27.9 Å². The van der Waals surface area contributed by atoms with Crippen LogP contribution in [-0.4, -0.2) is 4.57 Å².